The summed E-state index contributed by atoms with van der Waals surface area (Å²) in [4.78, 5) is 33.3. The first-order valence-corrected chi connectivity index (χ1v) is 13.8. The first kappa shape index (κ1) is 29.0. The number of halogens is 1. The second kappa shape index (κ2) is 13.0. The number of anilines is 3. The number of benzene rings is 1. The molecule has 42 heavy (non-hydrogen) atoms. The molecule has 1 aromatic carbocycles. The van der Waals surface area contributed by atoms with Gasteiger partial charge < -0.3 is 34.9 Å². The van der Waals surface area contributed by atoms with E-state index in [1.165, 1.54) is 10.6 Å². The van der Waals surface area contributed by atoms with Gasteiger partial charge in [0.15, 0.2) is 12.4 Å². The van der Waals surface area contributed by atoms with Gasteiger partial charge in [-0.15, -0.1) is 5.10 Å². The summed E-state index contributed by atoms with van der Waals surface area (Å²) in [6.45, 7) is 5.48. The minimum absolute atomic E-state index is 0.136. The van der Waals surface area contributed by atoms with Gasteiger partial charge in [0, 0.05) is 72.5 Å². The maximum atomic E-state index is 15.0. The van der Waals surface area contributed by atoms with Crippen LogP contribution < -0.4 is 25.6 Å². The van der Waals surface area contributed by atoms with Gasteiger partial charge in [0.2, 0.25) is 17.7 Å². The Morgan fingerprint density at radius 2 is 1.95 bits per heavy atom. The summed E-state index contributed by atoms with van der Waals surface area (Å²) in [5.74, 6) is 1.68. The minimum Gasteiger partial charge on any atom is -0.484 e. The highest BCUT2D eigenvalue weighted by molar-refractivity contribution is 5.77. The van der Waals surface area contributed by atoms with E-state index in [4.69, 9.17) is 14.9 Å². The van der Waals surface area contributed by atoms with Crippen LogP contribution in [-0.2, 0) is 4.79 Å². The number of ether oxygens (including phenoxy) is 1. The van der Waals surface area contributed by atoms with E-state index in [-0.39, 0.29) is 24.3 Å². The highest BCUT2D eigenvalue weighted by Crippen LogP contribution is 2.25. The fourth-order valence-electron chi connectivity index (χ4n) is 4.57. The van der Waals surface area contributed by atoms with Gasteiger partial charge in [-0.3, -0.25) is 9.69 Å². The number of aromatic nitrogens is 5. The SMILES string of the molecule is CNCCN(C)C(=O)COc1ccc(N2CCN(CCN(C)c3nc(N)n4nc(-c5ccco5)nc4n3)CC2)c(F)c1. The number of hydrogen-bond acceptors (Lipinski definition) is 12. The van der Waals surface area contributed by atoms with Crippen molar-refractivity contribution in [3.05, 3.63) is 42.4 Å². The largest absolute Gasteiger partial charge is 0.484 e. The first-order chi connectivity index (χ1) is 20.3. The van der Waals surface area contributed by atoms with E-state index in [2.05, 4.69) is 30.3 Å². The number of piperazine rings is 1. The first-order valence-electron chi connectivity index (χ1n) is 13.8. The number of nitrogen functional groups attached to an aromatic ring is 1. The molecule has 5 rings (SSSR count). The number of fused-ring (bicyclic) bond motifs is 1. The van der Waals surface area contributed by atoms with Crippen molar-refractivity contribution in [2.45, 2.75) is 0 Å². The number of carbonyl (C=O) groups is 1. The molecule has 14 nitrogen and oxygen atoms in total. The summed E-state index contributed by atoms with van der Waals surface area (Å²) >= 11 is 0. The van der Waals surface area contributed by atoms with Crippen molar-refractivity contribution >= 4 is 29.3 Å². The Morgan fingerprint density at radius 1 is 1.14 bits per heavy atom. The lowest BCUT2D eigenvalue weighted by molar-refractivity contribution is -0.132. The number of rotatable bonds is 12. The average molecular weight is 582 g/mol. The third kappa shape index (κ3) is 6.69. The van der Waals surface area contributed by atoms with Crippen LogP contribution in [0.5, 0.6) is 5.75 Å². The summed E-state index contributed by atoms with van der Waals surface area (Å²) in [6.07, 6.45) is 1.55. The van der Waals surface area contributed by atoms with Crippen LogP contribution in [0.1, 0.15) is 0 Å². The lowest BCUT2D eigenvalue weighted by Gasteiger charge is -2.36. The predicted octanol–water partition coefficient (Wildman–Crippen LogP) is 0.816. The maximum absolute atomic E-state index is 15.0. The number of nitrogens with one attached hydrogen (secondary N) is 1. The van der Waals surface area contributed by atoms with Crippen molar-refractivity contribution in [2.24, 2.45) is 0 Å². The van der Waals surface area contributed by atoms with Gasteiger partial charge in [0.1, 0.15) is 11.6 Å². The molecule has 224 valence electrons. The lowest BCUT2D eigenvalue weighted by atomic mass is 10.2. The number of amides is 1. The summed E-state index contributed by atoms with van der Waals surface area (Å²) in [7, 11) is 5.44. The topological polar surface area (TPSA) is 146 Å². The Morgan fingerprint density at radius 3 is 2.67 bits per heavy atom. The van der Waals surface area contributed by atoms with E-state index in [1.807, 2.05) is 23.9 Å². The monoisotopic (exact) mass is 581 g/mol. The van der Waals surface area contributed by atoms with Gasteiger partial charge >= 0.3 is 0 Å². The van der Waals surface area contributed by atoms with Crippen LogP contribution in [0.3, 0.4) is 0 Å². The van der Waals surface area contributed by atoms with Gasteiger partial charge in [-0.25, -0.2) is 4.39 Å². The smallest absolute Gasteiger partial charge is 0.260 e. The molecule has 0 saturated carbocycles. The Labute approximate surface area is 242 Å². The molecule has 0 spiro atoms. The number of likely N-dealkylation sites (N-methyl/N-ethyl adjacent to an activating group) is 3. The molecule has 3 N–H and O–H groups in total. The van der Waals surface area contributed by atoms with Crippen LogP contribution in [-0.4, -0.2) is 120 Å². The minimum atomic E-state index is -0.370. The Kier molecular flexibility index (Phi) is 8.97. The third-order valence-electron chi connectivity index (χ3n) is 7.17. The molecule has 0 atom stereocenters. The zero-order valence-electron chi connectivity index (χ0n) is 24.0. The van der Waals surface area contributed by atoms with Crippen molar-refractivity contribution in [1.29, 1.82) is 0 Å². The molecule has 4 aromatic rings. The maximum Gasteiger partial charge on any atom is 0.260 e. The molecule has 3 aromatic heterocycles. The van der Waals surface area contributed by atoms with Gasteiger partial charge in [-0.1, -0.05) is 0 Å². The summed E-state index contributed by atoms with van der Waals surface area (Å²) in [6, 6.07) is 8.28. The fourth-order valence-corrected chi connectivity index (χ4v) is 4.57. The van der Waals surface area contributed by atoms with Crippen molar-refractivity contribution in [3.8, 4) is 17.3 Å². The molecular formula is C27H36FN11O3. The van der Waals surface area contributed by atoms with Crippen LogP contribution in [0.25, 0.3) is 17.4 Å². The zero-order chi connectivity index (χ0) is 29.6. The van der Waals surface area contributed by atoms with Gasteiger partial charge in [0.05, 0.1) is 12.0 Å². The van der Waals surface area contributed by atoms with Crippen molar-refractivity contribution in [3.63, 3.8) is 0 Å². The number of nitrogens with two attached hydrogens (primary N) is 1. The Bertz CT molecular complexity index is 1490. The van der Waals surface area contributed by atoms with Crippen LogP contribution in [0.2, 0.25) is 0 Å². The van der Waals surface area contributed by atoms with E-state index in [0.717, 1.165) is 19.6 Å². The van der Waals surface area contributed by atoms with Crippen LogP contribution in [0, 0.1) is 5.82 Å². The molecule has 15 heteroatoms. The van der Waals surface area contributed by atoms with Crippen molar-refractivity contribution in [2.75, 3.05) is 95.6 Å². The van der Waals surface area contributed by atoms with Crippen LogP contribution in [0.4, 0.5) is 22.0 Å². The summed E-state index contributed by atoms with van der Waals surface area (Å²) in [5, 5.41) is 7.32. The second-order valence-electron chi connectivity index (χ2n) is 10.1. The zero-order valence-corrected chi connectivity index (χ0v) is 24.0. The Balaban J connectivity index is 1.10. The van der Waals surface area contributed by atoms with Gasteiger partial charge in [0.25, 0.3) is 11.7 Å². The molecule has 1 aliphatic rings. The van der Waals surface area contributed by atoms with E-state index >= 15 is 0 Å². The number of hydrogen-bond donors (Lipinski definition) is 2. The summed E-state index contributed by atoms with van der Waals surface area (Å²) in [5.41, 5.74) is 6.65. The lowest BCUT2D eigenvalue weighted by Crippen LogP contribution is -2.48. The van der Waals surface area contributed by atoms with Gasteiger partial charge in [-0.2, -0.15) is 19.5 Å². The number of nitrogens with zero attached hydrogens (tertiary/aromatic N) is 9. The molecule has 1 fully saturated rings. The fraction of sp³-hybridized carbons (Fsp3) is 0.444. The van der Waals surface area contributed by atoms with Crippen molar-refractivity contribution in [1.82, 2.24) is 39.7 Å². The molecule has 0 unspecified atom stereocenters. The third-order valence-corrected chi connectivity index (χ3v) is 7.17. The van der Waals surface area contributed by atoms with Gasteiger partial charge in [-0.05, 0) is 31.3 Å². The molecule has 0 radical (unpaired) electrons. The molecule has 1 saturated heterocycles. The van der Waals surface area contributed by atoms with E-state index in [1.54, 1.807) is 42.5 Å². The highest BCUT2D eigenvalue weighted by Gasteiger charge is 2.21. The molecule has 0 bridgehead atoms. The standard InChI is InChI=1S/C27H36FN11O3/c1-30-8-9-35(2)23(40)18-42-19-6-7-21(20(28)17-19)38-14-12-37(13-15-38)11-10-36(3)26-32-25(29)39-27(33-26)31-24(34-39)22-5-4-16-41-22/h4-7,16-17,30H,8-15,18H2,1-3H3,(H2,29,31,32,33,34). The highest BCUT2D eigenvalue weighted by atomic mass is 19.1. The van der Waals surface area contributed by atoms with Crippen LogP contribution >= 0.6 is 0 Å². The van der Waals surface area contributed by atoms with E-state index in [0.29, 0.717) is 67.5 Å². The molecular weight excluding hydrogens is 545 g/mol. The molecule has 1 amide bonds. The molecule has 4 heterocycles. The van der Waals surface area contributed by atoms with Crippen molar-refractivity contribution < 1.29 is 18.3 Å². The average Bonchev–Trinajstić information content (AvgIpc) is 3.68. The number of carbonyl (C=O) groups excluding carboxylic acids is 1. The Hall–Kier alpha value is -4.50. The second-order valence-corrected chi connectivity index (χ2v) is 10.1. The van der Waals surface area contributed by atoms with E-state index < -0.39 is 0 Å². The summed E-state index contributed by atoms with van der Waals surface area (Å²) < 4.78 is 27.2. The quantitative estimate of drug-likeness (QED) is 0.244. The van der Waals surface area contributed by atoms with Crippen LogP contribution in [0.15, 0.2) is 41.0 Å². The van der Waals surface area contributed by atoms with E-state index in [9.17, 15) is 9.18 Å². The molecule has 0 aliphatic carbocycles. The predicted molar refractivity (Wildman–Crippen MR) is 156 cm³/mol. The molecule has 1 aliphatic heterocycles. The normalized spacial score (nSPS) is 14.0. The number of furan rings is 1.